The van der Waals surface area contributed by atoms with Crippen molar-refractivity contribution in [3.05, 3.63) is 71.8 Å². The predicted octanol–water partition coefficient (Wildman–Crippen LogP) is 5.23. The van der Waals surface area contributed by atoms with E-state index in [1.807, 2.05) is 0 Å². The van der Waals surface area contributed by atoms with Crippen LogP contribution in [0.3, 0.4) is 0 Å². The minimum absolute atomic E-state index is 0.242. The molecular weight excluding hydrogens is 282 g/mol. The van der Waals surface area contributed by atoms with E-state index < -0.39 is 8.07 Å². The standard InChI is InChI=1S/C20H27NSi/c1-5-16-21-19(17-12-8-6-9-13-17)20(21,22(2,3)4)18-14-10-7-11-15-18/h6-15,19H,5,16H2,1-4H3/t19-,20+,21?/m0/s1. The van der Waals surface area contributed by atoms with Crippen molar-refractivity contribution < 1.29 is 0 Å². The van der Waals surface area contributed by atoms with E-state index in [1.165, 1.54) is 24.1 Å². The van der Waals surface area contributed by atoms with Crippen LogP contribution in [-0.2, 0) is 5.16 Å². The summed E-state index contributed by atoms with van der Waals surface area (Å²) >= 11 is 0. The van der Waals surface area contributed by atoms with Gasteiger partial charge in [0, 0.05) is 0 Å². The van der Waals surface area contributed by atoms with Gasteiger partial charge in [-0.1, -0.05) is 87.2 Å². The summed E-state index contributed by atoms with van der Waals surface area (Å²) in [5.41, 5.74) is 2.98. The van der Waals surface area contributed by atoms with Gasteiger partial charge in [-0.2, -0.15) is 0 Å². The third-order valence-corrected chi connectivity index (χ3v) is 8.17. The molecule has 0 N–H and O–H groups in total. The highest BCUT2D eigenvalue weighted by molar-refractivity contribution is 6.80. The van der Waals surface area contributed by atoms with Crippen molar-refractivity contribution in [2.75, 3.05) is 6.54 Å². The Hall–Kier alpha value is -1.38. The second kappa shape index (κ2) is 5.67. The van der Waals surface area contributed by atoms with E-state index in [9.17, 15) is 0 Å². The Labute approximate surface area is 136 Å². The molecule has 1 aliphatic heterocycles. The average molecular weight is 310 g/mol. The fourth-order valence-electron chi connectivity index (χ4n) is 4.24. The Balaban J connectivity index is 2.13. The van der Waals surface area contributed by atoms with Crippen LogP contribution in [0, 0.1) is 0 Å². The molecule has 0 aromatic heterocycles. The molecule has 1 fully saturated rings. The molecule has 0 saturated carbocycles. The molecule has 2 aromatic carbocycles. The van der Waals surface area contributed by atoms with Crippen molar-refractivity contribution in [3.8, 4) is 0 Å². The summed E-state index contributed by atoms with van der Waals surface area (Å²) in [6, 6.07) is 22.8. The SMILES string of the molecule is CCCN1[C@@H](c2ccccc2)[C@@]1(c1ccccc1)[Si](C)(C)C. The topological polar surface area (TPSA) is 3.01 Å². The summed E-state index contributed by atoms with van der Waals surface area (Å²) in [4.78, 5) is 2.75. The molecule has 1 unspecified atom stereocenters. The van der Waals surface area contributed by atoms with Crippen molar-refractivity contribution in [1.29, 1.82) is 0 Å². The van der Waals surface area contributed by atoms with Gasteiger partial charge in [0.05, 0.1) is 19.3 Å². The Kier molecular flexibility index (Phi) is 4.00. The maximum atomic E-state index is 2.75. The van der Waals surface area contributed by atoms with Crippen molar-refractivity contribution in [1.82, 2.24) is 4.90 Å². The molecule has 1 nitrogen and oxygen atoms in total. The first-order valence-corrected chi connectivity index (χ1v) is 11.9. The average Bonchev–Trinajstić information content (AvgIpc) is 3.19. The van der Waals surface area contributed by atoms with Gasteiger partial charge in [-0.05, 0) is 24.1 Å². The summed E-state index contributed by atoms with van der Waals surface area (Å²) in [6.45, 7) is 11.0. The summed E-state index contributed by atoms with van der Waals surface area (Å²) < 4.78 is 0. The Morgan fingerprint density at radius 2 is 1.45 bits per heavy atom. The lowest BCUT2D eigenvalue weighted by Crippen LogP contribution is -2.43. The zero-order chi connectivity index (χ0) is 15.8. The van der Waals surface area contributed by atoms with Crippen LogP contribution in [0.5, 0.6) is 0 Å². The molecule has 22 heavy (non-hydrogen) atoms. The van der Waals surface area contributed by atoms with E-state index in [1.54, 1.807) is 0 Å². The Bertz CT molecular complexity index is 617. The zero-order valence-corrected chi connectivity index (χ0v) is 15.2. The number of hydrogen-bond acceptors (Lipinski definition) is 1. The molecule has 116 valence electrons. The quantitative estimate of drug-likeness (QED) is 0.540. The maximum absolute atomic E-state index is 2.75. The molecule has 1 saturated heterocycles. The van der Waals surface area contributed by atoms with Crippen LogP contribution >= 0.6 is 0 Å². The van der Waals surface area contributed by atoms with Crippen LogP contribution in [-0.4, -0.2) is 19.5 Å². The van der Waals surface area contributed by atoms with Gasteiger partial charge >= 0.3 is 0 Å². The molecule has 1 aliphatic rings. The van der Waals surface area contributed by atoms with Gasteiger partial charge in [0.15, 0.2) is 0 Å². The predicted molar refractivity (Wildman–Crippen MR) is 97.6 cm³/mol. The van der Waals surface area contributed by atoms with Crippen molar-refractivity contribution >= 4 is 8.07 Å². The number of rotatable bonds is 5. The third-order valence-electron chi connectivity index (χ3n) is 5.03. The zero-order valence-electron chi connectivity index (χ0n) is 14.2. The molecular formula is C20H27NSi. The molecule has 0 aliphatic carbocycles. The van der Waals surface area contributed by atoms with Gasteiger partial charge in [0.25, 0.3) is 0 Å². The van der Waals surface area contributed by atoms with E-state index in [2.05, 4.69) is 92.1 Å². The number of benzene rings is 2. The lowest BCUT2D eigenvalue weighted by Gasteiger charge is -2.31. The smallest absolute Gasteiger partial charge is 0.0759 e. The molecule has 3 atom stereocenters. The van der Waals surface area contributed by atoms with Crippen LogP contribution in [0.2, 0.25) is 19.6 Å². The first-order valence-electron chi connectivity index (χ1n) is 8.40. The highest BCUT2D eigenvalue weighted by atomic mass is 28.3. The van der Waals surface area contributed by atoms with E-state index >= 15 is 0 Å². The van der Waals surface area contributed by atoms with E-state index in [4.69, 9.17) is 0 Å². The van der Waals surface area contributed by atoms with Crippen LogP contribution < -0.4 is 0 Å². The first-order chi connectivity index (χ1) is 10.5. The van der Waals surface area contributed by atoms with E-state index in [-0.39, 0.29) is 5.16 Å². The largest absolute Gasteiger partial charge is 0.286 e. The van der Waals surface area contributed by atoms with E-state index in [0.717, 1.165) is 0 Å². The third kappa shape index (κ3) is 2.26. The summed E-state index contributed by atoms with van der Waals surface area (Å²) in [7, 11) is -1.43. The molecule has 3 rings (SSSR count). The molecule has 0 amide bonds. The molecule has 0 spiro atoms. The Morgan fingerprint density at radius 3 is 1.95 bits per heavy atom. The summed E-state index contributed by atoms with van der Waals surface area (Å²) in [5, 5.41) is 0.242. The first kappa shape index (κ1) is 15.5. The minimum atomic E-state index is -1.43. The highest BCUT2D eigenvalue weighted by Gasteiger charge is 2.69. The fourth-order valence-corrected chi connectivity index (χ4v) is 7.45. The second-order valence-electron chi connectivity index (χ2n) is 7.39. The Morgan fingerprint density at radius 1 is 0.909 bits per heavy atom. The lowest BCUT2D eigenvalue weighted by atomic mass is 10.0. The van der Waals surface area contributed by atoms with Gasteiger partial charge < -0.3 is 0 Å². The molecule has 1 heterocycles. The van der Waals surface area contributed by atoms with Crippen LogP contribution in [0.1, 0.15) is 30.5 Å². The van der Waals surface area contributed by atoms with E-state index in [0.29, 0.717) is 6.04 Å². The summed E-state index contributed by atoms with van der Waals surface area (Å²) in [5.74, 6) is 0. The number of nitrogens with zero attached hydrogens (tertiary/aromatic N) is 1. The lowest BCUT2D eigenvalue weighted by molar-refractivity contribution is 0.458. The maximum Gasteiger partial charge on any atom is 0.0759 e. The van der Waals surface area contributed by atoms with Gasteiger partial charge in [0.2, 0.25) is 0 Å². The molecule has 2 heteroatoms. The van der Waals surface area contributed by atoms with Crippen molar-refractivity contribution in [2.24, 2.45) is 0 Å². The number of hydrogen-bond donors (Lipinski definition) is 0. The van der Waals surface area contributed by atoms with Gasteiger partial charge in [-0.15, -0.1) is 0 Å². The second-order valence-corrected chi connectivity index (χ2v) is 12.7. The minimum Gasteiger partial charge on any atom is -0.286 e. The highest BCUT2D eigenvalue weighted by Crippen LogP contribution is 2.64. The van der Waals surface area contributed by atoms with Gasteiger partial charge in [-0.3, -0.25) is 4.90 Å². The van der Waals surface area contributed by atoms with Gasteiger partial charge in [-0.25, -0.2) is 0 Å². The summed E-state index contributed by atoms with van der Waals surface area (Å²) in [6.07, 6.45) is 1.21. The molecule has 2 aromatic rings. The van der Waals surface area contributed by atoms with Crippen LogP contribution in [0.4, 0.5) is 0 Å². The molecule has 0 radical (unpaired) electrons. The normalized spacial score (nSPS) is 27.6. The fraction of sp³-hybridized carbons (Fsp3) is 0.400. The molecule has 0 bridgehead atoms. The monoisotopic (exact) mass is 309 g/mol. The van der Waals surface area contributed by atoms with Crippen LogP contribution in [0.15, 0.2) is 60.7 Å². The van der Waals surface area contributed by atoms with Crippen molar-refractivity contribution in [2.45, 2.75) is 44.2 Å². The van der Waals surface area contributed by atoms with Gasteiger partial charge in [0.1, 0.15) is 0 Å². The van der Waals surface area contributed by atoms with Crippen molar-refractivity contribution in [3.63, 3.8) is 0 Å². The van der Waals surface area contributed by atoms with Crippen LogP contribution in [0.25, 0.3) is 0 Å².